The van der Waals surface area contributed by atoms with Crippen molar-refractivity contribution in [1.82, 2.24) is 4.98 Å². The molecule has 0 unspecified atom stereocenters. The second-order valence-electron chi connectivity index (χ2n) is 3.95. The Labute approximate surface area is 112 Å². The quantitative estimate of drug-likeness (QED) is 0.769. The lowest BCUT2D eigenvalue weighted by Gasteiger charge is -2.07. The first-order valence-electron chi connectivity index (χ1n) is 6.06. The largest absolute Gasteiger partial charge is 0.494 e. The number of pyridine rings is 1. The van der Waals surface area contributed by atoms with Crippen LogP contribution in [0, 0.1) is 0 Å². The van der Waals surface area contributed by atoms with E-state index >= 15 is 0 Å². The highest BCUT2D eigenvalue weighted by Crippen LogP contribution is 2.24. The van der Waals surface area contributed by atoms with Crippen LogP contribution in [-0.4, -0.2) is 17.4 Å². The summed E-state index contributed by atoms with van der Waals surface area (Å²) in [6, 6.07) is 10.7. The van der Waals surface area contributed by atoms with Crippen LogP contribution in [0.25, 0.3) is 0 Å². The minimum atomic E-state index is -0.0163. The van der Waals surface area contributed by atoms with Crippen LogP contribution in [0.4, 0.5) is 0 Å². The molecule has 0 aliphatic carbocycles. The molecule has 4 heteroatoms. The second-order valence-corrected chi connectivity index (χ2v) is 3.95. The molecule has 2 aromatic rings. The molecule has 1 aromatic heterocycles. The van der Waals surface area contributed by atoms with Gasteiger partial charge in [0.15, 0.2) is 5.78 Å². The Kier molecular flexibility index (Phi) is 4.13. The van der Waals surface area contributed by atoms with Crippen molar-refractivity contribution in [2.24, 2.45) is 0 Å². The molecule has 19 heavy (non-hydrogen) atoms. The van der Waals surface area contributed by atoms with E-state index in [2.05, 4.69) is 4.98 Å². The fourth-order valence-corrected chi connectivity index (χ4v) is 1.56. The van der Waals surface area contributed by atoms with E-state index in [1.54, 1.807) is 18.2 Å². The predicted molar refractivity (Wildman–Crippen MR) is 71.9 cm³/mol. The standard InChI is InChI=1S/C15H15NO3/c1-3-18-13-5-4-6-14(9-13)19-15-8-7-12(10-16-15)11(2)17/h4-10H,3H2,1-2H3. The number of aromatic nitrogens is 1. The van der Waals surface area contributed by atoms with Crippen LogP contribution < -0.4 is 9.47 Å². The van der Waals surface area contributed by atoms with E-state index in [-0.39, 0.29) is 5.78 Å². The van der Waals surface area contributed by atoms with E-state index in [1.807, 2.05) is 25.1 Å². The Morgan fingerprint density at radius 1 is 1.21 bits per heavy atom. The molecule has 0 fully saturated rings. The molecule has 0 saturated heterocycles. The van der Waals surface area contributed by atoms with Gasteiger partial charge in [0.25, 0.3) is 0 Å². The monoisotopic (exact) mass is 257 g/mol. The number of carbonyl (C=O) groups excluding carboxylic acids is 1. The minimum Gasteiger partial charge on any atom is -0.494 e. The summed E-state index contributed by atoms with van der Waals surface area (Å²) >= 11 is 0. The van der Waals surface area contributed by atoms with Crippen molar-refractivity contribution in [3.05, 3.63) is 48.2 Å². The van der Waals surface area contributed by atoms with Crippen molar-refractivity contribution in [2.45, 2.75) is 13.8 Å². The van der Waals surface area contributed by atoms with Gasteiger partial charge in [-0.1, -0.05) is 6.07 Å². The maximum absolute atomic E-state index is 11.1. The molecule has 4 nitrogen and oxygen atoms in total. The molecular formula is C15H15NO3. The Morgan fingerprint density at radius 2 is 2.00 bits per heavy atom. The highest BCUT2D eigenvalue weighted by atomic mass is 16.5. The van der Waals surface area contributed by atoms with Crippen LogP contribution in [0.5, 0.6) is 17.4 Å². The van der Waals surface area contributed by atoms with E-state index in [0.717, 1.165) is 5.75 Å². The topological polar surface area (TPSA) is 48.4 Å². The van der Waals surface area contributed by atoms with Crippen LogP contribution >= 0.6 is 0 Å². The molecule has 1 heterocycles. The molecule has 0 bridgehead atoms. The Balaban J connectivity index is 2.12. The molecule has 98 valence electrons. The average molecular weight is 257 g/mol. The van der Waals surface area contributed by atoms with Crippen molar-refractivity contribution in [2.75, 3.05) is 6.61 Å². The summed E-state index contributed by atoms with van der Waals surface area (Å²) in [6.07, 6.45) is 1.50. The van der Waals surface area contributed by atoms with Crippen molar-refractivity contribution < 1.29 is 14.3 Å². The third-order valence-corrected chi connectivity index (χ3v) is 2.48. The van der Waals surface area contributed by atoms with Crippen LogP contribution in [0.1, 0.15) is 24.2 Å². The molecule has 0 N–H and O–H groups in total. The van der Waals surface area contributed by atoms with Crippen LogP contribution in [0.2, 0.25) is 0 Å². The summed E-state index contributed by atoms with van der Waals surface area (Å²) in [4.78, 5) is 15.2. The van der Waals surface area contributed by atoms with Gasteiger partial charge in [0.1, 0.15) is 11.5 Å². The number of ketones is 1. The van der Waals surface area contributed by atoms with Gasteiger partial charge >= 0.3 is 0 Å². The first kappa shape index (κ1) is 13.1. The molecule has 0 atom stereocenters. The van der Waals surface area contributed by atoms with E-state index in [0.29, 0.717) is 23.8 Å². The summed E-state index contributed by atoms with van der Waals surface area (Å²) in [5.74, 6) is 1.82. The van der Waals surface area contributed by atoms with Crippen LogP contribution in [0.15, 0.2) is 42.6 Å². The van der Waals surface area contributed by atoms with Crippen LogP contribution in [0.3, 0.4) is 0 Å². The van der Waals surface area contributed by atoms with Crippen molar-refractivity contribution in [3.8, 4) is 17.4 Å². The van der Waals surface area contributed by atoms with Gasteiger partial charge in [-0.3, -0.25) is 4.79 Å². The van der Waals surface area contributed by atoms with Gasteiger partial charge in [-0.05, 0) is 32.0 Å². The Bertz CT molecular complexity index is 564. The molecule has 0 radical (unpaired) electrons. The van der Waals surface area contributed by atoms with Crippen molar-refractivity contribution >= 4 is 5.78 Å². The van der Waals surface area contributed by atoms with Crippen molar-refractivity contribution in [1.29, 1.82) is 0 Å². The zero-order valence-corrected chi connectivity index (χ0v) is 10.9. The number of benzene rings is 1. The zero-order chi connectivity index (χ0) is 13.7. The number of ether oxygens (including phenoxy) is 2. The first-order valence-corrected chi connectivity index (χ1v) is 6.06. The van der Waals surface area contributed by atoms with Crippen LogP contribution in [-0.2, 0) is 0 Å². The van der Waals surface area contributed by atoms with Gasteiger partial charge < -0.3 is 9.47 Å². The number of carbonyl (C=O) groups is 1. The smallest absolute Gasteiger partial charge is 0.219 e. The van der Waals surface area contributed by atoms with E-state index in [9.17, 15) is 4.79 Å². The lowest BCUT2D eigenvalue weighted by atomic mass is 10.2. The fourth-order valence-electron chi connectivity index (χ4n) is 1.56. The highest BCUT2D eigenvalue weighted by Gasteiger charge is 2.03. The average Bonchev–Trinajstić information content (AvgIpc) is 2.40. The molecule has 0 spiro atoms. The van der Waals surface area contributed by atoms with E-state index in [4.69, 9.17) is 9.47 Å². The Morgan fingerprint density at radius 3 is 2.63 bits per heavy atom. The number of hydrogen-bond donors (Lipinski definition) is 0. The lowest BCUT2D eigenvalue weighted by molar-refractivity contribution is 0.101. The SMILES string of the molecule is CCOc1cccc(Oc2ccc(C(C)=O)cn2)c1. The molecule has 0 aliphatic heterocycles. The van der Waals surface area contributed by atoms with Gasteiger partial charge in [0.2, 0.25) is 5.88 Å². The van der Waals surface area contributed by atoms with Gasteiger partial charge in [0, 0.05) is 23.9 Å². The molecule has 0 amide bonds. The third-order valence-electron chi connectivity index (χ3n) is 2.48. The second kappa shape index (κ2) is 6.00. The molecule has 0 saturated carbocycles. The maximum Gasteiger partial charge on any atom is 0.219 e. The maximum atomic E-state index is 11.1. The number of Topliss-reactive ketones (excluding diaryl/α,β-unsaturated/α-hetero) is 1. The third kappa shape index (κ3) is 3.55. The Hall–Kier alpha value is -2.36. The summed E-state index contributed by atoms with van der Waals surface area (Å²) in [5.41, 5.74) is 0.565. The first-order chi connectivity index (χ1) is 9.19. The fraction of sp³-hybridized carbons (Fsp3) is 0.200. The van der Waals surface area contributed by atoms with E-state index in [1.165, 1.54) is 13.1 Å². The molecular weight excluding hydrogens is 242 g/mol. The number of rotatable bonds is 5. The summed E-state index contributed by atoms with van der Waals surface area (Å²) in [6.45, 7) is 4.04. The summed E-state index contributed by atoms with van der Waals surface area (Å²) < 4.78 is 11.0. The minimum absolute atomic E-state index is 0.0163. The number of nitrogens with zero attached hydrogens (tertiary/aromatic N) is 1. The normalized spacial score (nSPS) is 10.0. The van der Waals surface area contributed by atoms with Gasteiger partial charge in [0.05, 0.1) is 6.61 Å². The van der Waals surface area contributed by atoms with Crippen molar-refractivity contribution in [3.63, 3.8) is 0 Å². The van der Waals surface area contributed by atoms with Gasteiger partial charge in [-0.15, -0.1) is 0 Å². The van der Waals surface area contributed by atoms with Gasteiger partial charge in [-0.2, -0.15) is 0 Å². The highest BCUT2D eigenvalue weighted by molar-refractivity contribution is 5.93. The zero-order valence-electron chi connectivity index (χ0n) is 10.9. The van der Waals surface area contributed by atoms with E-state index < -0.39 is 0 Å². The van der Waals surface area contributed by atoms with Gasteiger partial charge in [-0.25, -0.2) is 4.98 Å². The predicted octanol–water partition coefficient (Wildman–Crippen LogP) is 3.48. The molecule has 0 aliphatic rings. The molecule has 1 aromatic carbocycles. The lowest BCUT2D eigenvalue weighted by Crippen LogP contribution is -1.95. The number of hydrogen-bond acceptors (Lipinski definition) is 4. The molecule has 2 rings (SSSR count). The summed E-state index contributed by atoms with van der Waals surface area (Å²) in [7, 11) is 0. The summed E-state index contributed by atoms with van der Waals surface area (Å²) in [5, 5.41) is 0.